The molecule has 0 saturated heterocycles. The minimum atomic E-state index is 0.352. The molecular weight excluding hydrogens is 226 g/mol. The molecule has 2 radical (unpaired) electrons. The highest BCUT2D eigenvalue weighted by atomic mass is 32.2. The van der Waals surface area contributed by atoms with Crippen molar-refractivity contribution in [2.24, 2.45) is 0 Å². The molecule has 0 aliphatic heterocycles. The third kappa shape index (κ3) is 16.3. The van der Waals surface area contributed by atoms with Gasteiger partial charge in [0.1, 0.15) is 0 Å². The molecule has 102 valence electrons. The van der Waals surface area contributed by atoms with Crippen molar-refractivity contribution in [2.75, 3.05) is 18.1 Å². The number of unbranched alkanes of at least 4 members (excludes halogenated alkanes) is 9. The Morgan fingerprint density at radius 3 is 1.65 bits per heavy atom. The third-order valence-electron chi connectivity index (χ3n) is 3.09. The Labute approximate surface area is 113 Å². The van der Waals surface area contributed by atoms with Crippen LogP contribution in [0.3, 0.4) is 0 Å². The van der Waals surface area contributed by atoms with E-state index in [-0.39, 0.29) is 0 Å². The SMILES string of the molecule is CCCCCCCCCCCCSCCC[N]. The molecule has 0 aromatic rings. The van der Waals surface area contributed by atoms with Gasteiger partial charge in [0.25, 0.3) is 0 Å². The smallest absolute Gasteiger partial charge is 0.0329 e. The van der Waals surface area contributed by atoms with E-state index in [0.717, 1.165) is 12.2 Å². The summed E-state index contributed by atoms with van der Waals surface area (Å²) in [6.07, 6.45) is 15.2. The van der Waals surface area contributed by atoms with Crippen LogP contribution in [0.5, 0.6) is 0 Å². The van der Waals surface area contributed by atoms with Gasteiger partial charge in [0.2, 0.25) is 0 Å². The van der Waals surface area contributed by atoms with Crippen molar-refractivity contribution in [3.05, 3.63) is 0 Å². The maximum atomic E-state index is 8.63. The molecule has 1 nitrogen and oxygen atoms in total. The largest absolute Gasteiger partial charge is 0.162 e. The van der Waals surface area contributed by atoms with Crippen LogP contribution in [0.25, 0.3) is 0 Å². The third-order valence-corrected chi connectivity index (χ3v) is 4.24. The molecule has 0 aromatic heterocycles. The number of hydrogen-bond donors (Lipinski definition) is 0. The molecule has 0 aliphatic carbocycles. The monoisotopic (exact) mass is 257 g/mol. The van der Waals surface area contributed by atoms with Gasteiger partial charge in [0.05, 0.1) is 0 Å². The lowest BCUT2D eigenvalue weighted by molar-refractivity contribution is 0.563. The molecule has 17 heavy (non-hydrogen) atoms. The van der Waals surface area contributed by atoms with E-state index in [0.29, 0.717) is 6.54 Å². The number of thioether (sulfide) groups is 1. The summed E-state index contributed by atoms with van der Waals surface area (Å²) in [5.74, 6) is 2.42. The van der Waals surface area contributed by atoms with Gasteiger partial charge in [-0.3, -0.25) is 0 Å². The second-order valence-electron chi connectivity index (χ2n) is 4.87. The van der Waals surface area contributed by atoms with Gasteiger partial charge in [-0.15, -0.1) is 5.73 Å². The van der Waals surface area contributed by atoms with Gasteiger partial charge in [-0.1, -0.05) is 64.7 Å². The normalized spacial score (nSPS) is 10.9. The van der Waals surface area contributed by atoms with Gasteiger partial charge in [-0.05, 0) is 24.3 Å². The molecule has 0 bridgehead atoms. The summed E-state index contributed by atoms with van der Waals surface area (Å²) in [7, 11) is 0. The van der Waals surface area contributed by atoms with Crippen LogP contribution in [0.4, 0.5) is 0 Å². The lowest BCUT2D eigenvalue weighted by Crippen LogP contribution is -1.89. The molecule has 0 amide bonds. The molecule has 0 fully saturated rings. The maximum Gasteiger partial charge on any atom is 0.0329 e. The minimum Gasteiger partial charge on any atom is -0.162 e. The van der Waals surface area contributed by atoms with E-state index in [2.05, 4.69) is 6.92 Å². The molecule has 0 spiro atoms. The van der Waals surface area contributed by atoms with E-state index in [1.54, 1.807) is 0 Å². The van der Waals surface area contributed by atoms with Crippen molar-refractivity contribution in [3.8, 4) is 0 Å². The Morgan fingerprint density at radius 1 is 0.647 bits per heavy atom. The Balaban J connectivity index is 2.85. The van der Waals surface area contributed by atoms with E-state index in [1.165, 1.54) is 70.0 Å². The van der Waals surface area contributed by atoms with E-state index >= 15 is 0 Å². The van der Waals surface area contributed by atoms with Crippen molar-refractivity contribution < 1.29 is 0 Å². The van der Waals surface area contributed by atoms with Gasteiger partial charge >= 0.3 is 0 Å². The van der Waals surface area contributed by atoms with E-state index in [1.807, 2.05) is 11.8 Å². The first-order valence-corrected chi connectivity index (χ1v) is 8.76. The minimum absolute atomic E-state index is 0.352. The van der Waals surface area contributed by atoms with Crippen LogP contribution < -0.4 is 5.73 Å². The summed E-state index contributed by atoms with van der Waals surface area (Å²) >= 11 is 2.00. The predicted molar refractivity (Wildman–Crippen MR) is 80.8 cm³/mol. The first kappa shape index (κ1) is 17.3. The lowest BCUT2D eigenvalue weighted by atomic mass is 10.1. The summed E-state index contributed by atoms with van der Waals surface area (Å²) in [6.45, 7) is 2.63. The molecule has 0 heterocycles. The molecule has 0 atom stereocenters. The van der Waals surface area contributed by atoms with Crippen LogP contribution in [0, 0.1) is 0 Å². The quantitative estimate of drug-likeness (QED) is 0.397. The fourth-order valence-electron chi connectivity index (χ4n) is 1.96. The fraction of sp³-hybridized carbons (Fsp3) is 1.00. The standard InChI is InChI=1S/C15H31NS/c1-2-3-4-5-6-7-8-9-10-11-14-17-15-12-13-16/h2-15H2,1H3. The average Bonchev–Trinajstić information content (AvgIpc) is 2.35. The molecule has 0 N–H and O–H groups in total. The summed E-state index contributed by atoms with van der Waals surface area (Å²) in [5.41, 5.74) is 8.63. The van der Waals surface area contributed by atoms with Crippen LogP contribution >= 0.6 is 11.8 Å². The molecule has 0 aliphatic rings. The Morgan fingerprint density at radius 2 is 1.12 bits per heavy atom. The van der Waals surface area contributed by atoms with Crippen molar-refractivity contribution in [1.29, 1.82) is 0 Å². The molecule has 0 unspecified atom stereocenters. The molecule has 2 heteroatoms. The summed E-state index contributed by atoms with van der Waals surface area (Å²) < 4.78 is 0. The van der Waals surface area contributed by atoms with Crippen LogP contribution in [0.1, 0.15) is 77.6 Å². The first-order valence-electron chi connectivity index (χ1n) is 7.60. The Bertz CT molecular complexity index is 114. The number of hydrogen-bond acceptors (Lipinski definition) is 1. The van der Waals surface area contributed by atoms with Crippen LogP contribution in [0.15, 0.2) is 0 Å². The van der Waals surface area contributed by atoms with Gasteiger partial charge < -0.3 is 0 Å². The van der Waals surface area contributed by atoms with Gasteiger partial charge in [-0.25, -0.2) is 0 Å². The van der Waals surface area contributed by atoms with E-state index in [9.17, 15) is 0 Å². The average molecular weight is 257 g/mol. The topological polar surface area (TPSA) is 22.3 Å². The van der Waals surface area contributed by atoms with E-state index in [4.69, 9.17) is 5.73 Å². The summed E-state index contributed by atoms with van der Waals surface area (Å²) in [5, 5.41) is 0. The first-order chi connectivity index (χ1) is 8.41. The number of nitrogens with zero attached hydrogens (tertiary/aromatic N) is 1. The van der Waals surface area contributed by atoms with Crippen LogP contribution in [-0.4, -0.2) is 18.1 Å². The maximum absolute atomic E-state index is 8.63. The summed E-state index contributed by atoms with van der Waals surface area (Å²) in [4.78, 5) is 0. The van der Waals surface area contributed by atoms with Gasteiger partial charge in [0, 0.05) is 6.54 Å². The van der Waals surface area contributed by atoms with Gasteiger partial charge in [0.15, 0.2) is 0 Å². The highest BCUT2D eigenvalue weighted by Gasteiger charge is 1.93. The van der Waals surface area contributed by atoms with Crippen molar-refractivity contribution in [1.82, 2.24) is 5.73 Å². The Kier molecular flexibility index (Phi) is 16.6. The molecule has 0 rings (SSSR count). The lowest BCUT2D eigenvalue weighted by Gasteiger charge is -2.02. The van der Waals surface area contributed by atoms with Gasteiger partial charge in [-0.2, -0.15) is 11.8 Å². The molecule has 0 aromatic carbocycles. The van der Waals surface area contributed by atoms with Crippen LogP contribution in [0.2, 0.25) is 0 Å². The predicted octanol–water partition coefficient (Wildman–Crippen LogP) is 5.10. The number of rotatable bonds is 14. The highest BCUT2D eigenvalue weighted by Crippen LogP contribution is 2.12. The molecular formula is C15H31NS. The molecule has 0 saturated carbocycles. The van der Waals surface area contributed by atoms with Crippen LogP contribution in [-0.2, 0) is 0 Å². The zero-order valence-electron chi connectivity index (χ0n) is 11.8. The highest BCUT2D eigenvalue weighted by molar-refractivity contribution is 7.99. The second-order valence-corrected chi connectivity index (χ2v) is 6.10. The fourth-order valence-corrected chi connectivity index (χ4v) is 2.91. The zero-order valence-corrected chi connectivity index (χ0v) is 12.6. The van der Waals surface area contributed by atoms with Crippen molar-refractivity contribution >= 4 is 11.8 Å². The Hall–Kier alpha value is 0.310. The van der Waals surface area contributed by atoms with Crippen molar-refractivity contribution in [3.63, 3.8) is 0 Å². The summed E-state index contributed by atoms with van der Waals surface area (Å²) in [6, 6.07) is 0. The zero-order chi connectivity index (χ0) is 12.6. The van der Waals surface area contributed by atoms with E-state index < -0.39 is 0 Å². The second kappa shape index (κ2) is 16.3. The van der Waals surface area contributed by atoms with Crippen molar-refractivity contribution in [2.45, 2.75) is 77.6 Å².